The molecule has 0 saturated carbocycles. The van der Waals surface area contributed by atoms with Gasteiger partial charge in [0.15, 0.2) is 0 Å². The number of phenolic OH excluding ortho intramolecular Hbond substituents is 2. The Balaban J connectivity index is 1.79. The van der Waals surface area contributed by atoms with Crippen molar-refractivity contribution in [3.63, 3.8) is 0 Å². The highest BCUT2D eigenvalue weighted by Gasteiger charge is 2.12. The van der Waals surface area contributed by atoms with Gasteiger partial charge in [0, 0.05) is 6.07 Å². The summed E-state index contributed by atoms with van der Waals surface area (Å²) in [7, 11) is 1.58. The largest absolute Gasteiger partial charge is 0.508 e. The summed E-state index contributed by atoms with van der Waals surface area (Å²) in [4.78, 5) is 11.7. The SMILES string of the molecule is COc1ccc(OCCOC(=O)c2ccc(O)cc2O)cc1. The van der Waals surface area contributed by atoms with E-state index in [0.717, 1.165) is 11.8 Å². The van der Waals surface area contributed by atoms with Gasteiger partial charge in [0.05, 0.1) is 7.11 Å². The first kappa shape index (κ1) is 15.5. The van der Waals surface area contributed by atoms with E-state index in [4.69, 9.17) is 19.3 Å². The van der Waals surface area contributed by atoms with Gasteiger partial charge in [-0.2, -0.15) is 0 Å². The topological polar surface area (TPSA) is 85.2 Å². The van der Waals surface area contributed by atoms with Crippen LogP contribution in [0.3, 0.4) is 0 Å². The first-order valence-corrected chi connectivity index (χ1v) is 6.56. The Bertz CT molecular complexity index is 636. The zero-order valence-corrected chi connectivity index (χ0v) is 12.0. The third-order valence-corrected chi connectivity index (χ3v) is 2.85. The van der Waals surface area contributed by atoms with Gasteiger partial charge in [0.2, 0.25) is 0 Å². The van der Waals surface area contributed by atoms with Crippen LogP contribution in [0.25, 0.3) is 0 Å². The molecule has 0 saturated heterocycles. The average molecular weight is 304 g/mol. The number of esters is 1. The summed E-state index contributed by atoms with van der Waals surface area (Å²) in [5.74, 6) is 0.208. The molecule has 2 N–H and O–H groups in total. The van der Waals surface area contributed by atoms with E-state index in [1.54, 1.807) is 31.4 Å². The Morgan fingerprint density at radius 1 is 1.00 bits per heavy atom. The fraction of sp³-hybridized carbons (Fsp3) is 0.188. The quantitative estimate of drug-likeness (QED) is 0.629. The summed E-state index contributed by atoms with van der Waals surface area (Å²) in [6.07, 6.45) is 0. The Kier molecular flexibility index (Phi) is 5.08. The molecule has 0 fully saturated rings. The molecule has 0 aromatic heterocycles. The Labute approximate surface area is 127 Å². The molecule has 0 atom stereocenters. The second-order valence-corrected chi connectivity index (χ2v) is 4.36. The summed E-state index contributed by atoms with van der Waals surface area (Å²) < 4.78 is 15.4. The van der Waals surface area contributed by atoms with Crippen molar-refractivity contribution in [2.45, 2.75) is 0 Å². The van der Waals surface area contributed by atoms with Gasteiger partial charge in [0.25, 0.3) is 0 Å². The van der Waals surface area contributed by atoms with E-state index >= 15 is 0 Å². The second kappa shape index (κ2) is 7.21. The van der Waals surface area contributed by atoms with Crippen molar-refractivity contribution in [1.29, 1.82) is 0 Å². The Morgan fingerprint density at radius 2 is 1.68 bits per heavy atom. The molecular formula is C16H16O6. The van der Waals surface area contributed by atoms with E-state index in [1.807, 2.05) is 0 Å². The molecular weight excluding hydrogens is 288 g/mol. The molecule has 0 aliphatic carbocycles. The van der Waals surface area contributed by atoms with Crippen LogP contribution in [0.5, 0.6) is 23.0 Å². The fourth-order valence-corrected chi connectivity index (χ4v) is 1.74. The predicted octanol–water partition coefficient (Wildman–Crippen LogP) is 2.34. The smallest absolute Gasteiger partial charge is 0.342 e. The Morgan fingerprint density at radius 3 is 2.32 bits per heavy atom. The molecule has 0 amide bonds. The summed E-state index contributed by atoms with van der Waals surface area (Å²) in [6.45, 7) is 0.210. The van der Waals surface area contributed by atoms with Crippen LogP contribution in [0.4, 0.5) is 0 Å². The lowest BCUT2D eigenvalue weighted by Crippen LogP contribution is -2.12. The molecule has 116 valence electrons. The first-order chi connectivity index (χ1) is 10.6. The van der Waals surface area contributed by atoms with Gasteiger partial charge in [-0.1, -0.05) is 0 Å². The highest BCUT2D eigenvalue weighted by atomic mass is 16.6. The van der Waals surface area contributed by atoms with Crippen LogP contribution in [-0.2, 0) is 4.74 Å². The number of hydrogen-bond donors (Lipinski definition) is 2. The van der Waals surface area contributed by atoms with Crippen LogP contribution in [0, 0.1) is 0 Å². The summed E-state index contributed by atoms with van der Waals surface area (Å²) in [5.41, 5.74) is -0.0118. The minimum atomic E-state index is -0.684. The molecule has 22 heavy (non-hydrogen) atoms. The van der Waals surface area contributed by atoms with Gasteiger partial charge in [-0.05, 0) is 36.4 Å². The summed E-state index contributed by atoms with van der Waals surface area (Å²) in [5, 5.41) is 18.7. The third-order valence-electron chi connectivity index (χ3n) is 2.85. The molecule has 0 aliphatic heterocycles. The van der Waals surface area contributed by atoms with Crippen molar-refractivity contribution >= 4 is 5.97 Å². The van der Waals surface area contributed by atoms with Crippen LogP contribution in [0.1, 0.15) is 10.4 Å². The third kappa shape index (κ3) is 4.05. The van der Waals surface area contributed by atoms with Crippen molar-refractivity contribution in [2.75, 3.05) is 20.3 Å². The van der Waals surface area contributed by atoms with E-state index in [2.05, 4.69) is 0 Å². The van der Waals surface area contributed by atoms with Gasteiger partial charge in [-0.3, -0.25) is 0 Å². The molecule has 0 bridgehead atoms. The van der Waals surface area contributed by atoms with Gasteiger partial charge in [-0.25, -0.2) is 4.79 Å². The lowest BCUT2D eigenvalue weighted by atomic mass is 10.2. The standard InChI is InChI=1S/C16H16O6/c1-20-12-3-5-13(6-4-12)21-8-9-22-16(19)14-7-2-11(17)10-15(14)18/h2-7,10,17-18H,8-9H2,1H3. The highest BCUT2D eigenvalue weighted by Crippen LogP contribution is 2.23. The molecule has 2 rings (SSSR count). The maximum absolute atomic E-state index is 11.7. The van der Waals surface area contributed by atoms with Crippen molar-refractivity contribution in [1.82, 2.24) is 0 Å². The van der Waals surface area contributed by atoms with Crippen molar-refractivity contribution in [2.24, 2.45) is 0 Å². The number of phenols is 2. The van der Waals surface area contributed by atoms with Crippen molar-refractivity contribution < 1.29 is 29.2 Å². The molecule has 2 aromatic carbocycles. The number of carbonyl (C=O) groups excluding carboxylic acids is 1. The Hall–Kier alpha value is -2.89. The summed E-state index contributed by atoms with van der Waals surface area (Å²) >= 11 is 0. The number of benzene rings is 2. The van der Waals surface area contributed by atoms with Gasteiger partial charge in [0.1, 0.15) is 41.8 Å². The lowest BCUT2D eigenvalue weighted by Gasteiger charge is -2.09. The van der Waals surface area contributed by atoms with E-state index < -0.39 is 5.97 Å². The van der Waals surface area contributed by atoms with Gasteiger partial charge >= 0.3 is 5.97 Å². The van der Waals surface area contributed by atoms with Gasteiger partial charge < -0.3 is 24.4 Å². The van der Waals surface area contributed by atoms with Crippen LogP contribution >= 0.6 is 0 Å². The van der Waals surface area contributed by atoms with Crippen molar-refractivity contribution in [3.05, 3.63) is 48.0 Å². The van der Waals surface area contributed by atoms with Crippen molar-refractivity contribution in [3.8, 4) is 23.0 Å². The molecule has 2 aromatic rings. The number of aromatic hydroxyl groups is 2. The zero-order chi connectivity index (χ0) is 15.9. The summed E-state index contributed by atoms with van der Waals surface area (Å²) in [6, 6.07) is 10.7. The van der Waals surface area contributed by atoms with E-state index in [0.29, 0.717) is 5.75 Å². The highest BCUT2D eigenvalue weighted by molar-refractivity contribution is 5.92. The maximum atomic E-state index is 11.7. The van der Waals surface area contributed by atoms with Gasteiger partial charge in [-0.15, -0.1) is 0 Å². The molecule has 6 nitrogen and oxygen atoms in total. The normalized spacial score (nSPS) is 10.0. The number of ether oxygens (including phenoxy) is 3. The lowest BCUT2D eigenvalue weighted by molar-refractivity contribution is 0.0447. The van der Waals surface area contributed by atoms with Crippen LogP contribution in [0.15, 0.2) is 42.5 Å². The number of hydrogen-bond acceptors (Lipinski definition) is 6. The average Bonchev–Trinajstić information content (AvgIpc) is 2.52. The van der Waals surface area contributed by atoms with E-state index in [9.17, 15) is 9.90 Å². The molecule has 0 heterocycles. The number of methoxy groups -OCH3 is 1. The fourth-order valence-electron chi connectivity index (χ4n) is 1.74. The molecule has 0 aliphatic rings. The number of rotatable bonds is 6. The van der Waals surface area contributed by atoms with Crippen LogP contribution < -0.4 is 9.47 Å². The number of carbonyl (C=O) groups is 1. The maximum Gasteiger partial charge on any atom is 0.342 e. The zero-order valence-electron chi connectivity index (χ0n) is 12.0. The van der Waals surface area contributed by atoms with E-state index in [-0.39, 0.29) is 30.3 Å². The first-order valence-electron chi connectivity index (χ1n) is 6.56. The molecule has 6 heteroatoms. The predicted molar refractivity (Wildman–Crippen MR) is 78.5 cm³/mol. The molecule has 0 radical (unpaired) electrons. The monoisotopic (exact) mass is 304 g/mol. The minimum absolute atomic E-state index is 0.0118. The minimum Gasteiger partial charge on any atom is -0.508 e. The second-order valence-electron chi connectivity index (χ2n) is 4.36. The molecule has 0 spiro atoms. The van der Waals surface area contributed by atoms with Crippen LogP contribution in [0.2, 0.25) is 0 Å². The van der Waals surface area contributed by atoms with Crippen LogP contribution in [-0.4, -0.2) is 36.5 Å². The van der Waals surface area contributed by atoms with E-state index in [1.165, 1.54) is 12.1 Å². The molecule has 0 unspecified atom stereocenters.